The lowest BCUT2D eigenvalue weighted by Crippen LogP contribution is -2.16. The molecule has 0 fully saturated rings. The maximum atomic E-state index is 12.1. The number of nitrogens with zero attached hydrogens (tertiary/aromatic N) is 3. The predicted molar refractivity (Wildman–Crippen MR) is 75.5 cm³/mol. The van der Waals surface area contributed by atoms with Gasteiger partial charge in [-0.2, -0.15) is 0 Å². The molecule has 0 aliphatic rings. The van der Waals surface area contributed by atoms with Gasteiger partial charge in [-0.15, -0.1) is 10.2 Å². The van der Waals surface area contributed by atoms with Gasteiger partial charge in [-0.25, -0.2) is 0 Å². The Bertz CT molecular complexity index is 601. The van der Waals surface area contributed by atoms with Crippen molar-refractivity contribution in [2.24, 2.45) is 0 Å². The third-order valence-corrected chi connectivity index (χ3v) is 3.37. The zero-order valence-corrected chi connectivity index (χ0v) is 12.2. The lowest BCUT2D eigenvalue weighted by Gasteiger charge is -2.18. The van der Waals surface area contributed by atoms with Crippen LogP contribution in [-0.4, -0.2) is 21.1 Å². The normalized spacial score (nSPS) is 11.4. The van der Waals surface area contributed by atoms with Crippen LogP contribution in [0.25, 0.3) is 0 Å². The molecule has 0 aliphatic carbocycles. The third-order valence-electron chi connectivity index (χ3n) is 2.61. The molecule has 1 N–H and O–H groups in total. The summed E-state index contributed by atoms with van der Waals surface area (Å²) in [5.74, 6) is -0.213. The molecular formula is C13H16N4OS. The summed E-state index contributed by atoms with van der Waals surface area (Å²) in [7, 11) is 0. The molecule has 2 aromatic heterocycles. The van der Waals surface area contributed by atoms with E-state index in [1.807, 2.05) is 13.0 Å². The SMILES string of the molecule is Cc1nnc(NC(=O)c2cncc(C(C)(C)C)c2)s1. The van der Waals surface area contributed by atoms with E-state index < -0.39 is 0 Å². The van der Waals surface area contributed by atoms with Gasteiger partial charge in [0.1, 0.15) is 5.01 Å². The Balaban J connectivity index is 2.20. The smallest absolute Gasteiger partial charge is 0.259 e. The first-order chi connectivity index (χ1) is 8.86. The Kier molecular flexibility index (Phi) is 3.61. The van der Waals surface area contributed by atoms with Crippen LogP contribution in [0.15, 0.2) is 18.5 Å². The van der Waals surface area contributed by atoms with E-state index in [1.165, 1.54) is 11.3 Å². The average molecular weight is 276 g/mol. The Hall–Kier alpha value is -1.82. The van der Waals surface area contributed by atoms with Crippen molar-refractivity contribution in [3.05, 3.63) is 34.6 Å². The van der Waals surface area contributed by atoms with Gasteiger partial charge in [0, 0.05) is 12.4 Å². The molecule has 19 heavy (non-hydrogen) atoms. The van der Waals surface area contributed by atoms with Gasteiger partial charge in [0.15, 0.2) is 0 Å². The number of anilines is 1. The number of carbonyl (C=O) groups excluding carboxylic acids is 1. The number of rotatable bonds is 2. The van der Waals surface area contributed by atoms with E-state index >= 15 is 0 Å². The van der Waals surface area contributed by atoms with E-state index in [2.05, 4.69) is 41.3 Å². The second-order valence-corrected chi connectivity index (χ2v) is 6.47. The predicted octanol–water partition coefficient (Wildman–Crippen LogP) is 2.79. The molecule has 0 spiro atoms. The summed E-state index contributed by atoms with van der Waals surface area (Å²) in [6.45, 7) is 8.09. The number of hydrogen-bond acceptors (Lipinski definition) is 5. The van der Waals surface area contributed by atoms with Crippen molar-refractivity contribution in [1.29, 1.82) is 0 Å². The number of aryl methyl sites for hydroxylation is 1. The fourth-order valence-corrected chi connectivity index (χ4v) is 2.08. The largest absolute Gasteiger partial charge is 0.296 e. The van der Waals surface area contributed by atoms with Crippen molar-refractivity contribution in [1.82, 2.24) is 15.2 Å². The van der Waals surface area contributed by atoms with E-state index in [1.54, 1.807) is 12.4 Å². The first-order valence-electron chi connectivity index (χ1n) is 5.93. The van der Waals surface area contributed by atoms with Crippen LogP contribution in [0.3, 0.4) is 0 Å². The lowest BCUT2D eigenvalue weighted by atomic mass is 9.87. The summed E-state index contributed by atoms with van der Waals surface area (Å²) < 4.78 is 0. The molecule has 2 aromatic rings. The van der Waals surface area contributed by atoms with Crippen molar-refractivity contribution in [3.8, 4) is 0 Å². The van der Waals surface area contributed by atoms with Crippen LogP contribution in [0.2, 0.25) is 0 Å². The highest BCUT2D eigenvalue weighted by Gasteiger charge is 2.17. The van der Waals surface area contributed by atoms with Gasteiger partial charge in [-0.05, 0) is 24.0 Å². The highest BCUT2D eigenvalue weighted by Crippen LogP contribution is 2.22. The van der Waals surface area contributed by atoms with Gasteiger partial charge in [-0.1, -0.05) is 32.1 Å². The van der Waals surface area contributed by atoms with Crippen molar-refractivity contribution >= 4 is 22.4 Å². The number of amides is 1. The number of carbonyl (C=O) groups is 1. The number of hydrogen-bond donors (Lipinski definition) is 1. The van der Waals surface area contributed by atoms with Crippen LogP contribution >= 0.6 is 11.3 Å². The Morgan fingerprint density at radius 2 is 2.00 bits per heavy atom. The summed E-state index contributed by atoms with van der Waals surface area (Å²) in [6, 6.07) is 1.86. The molecular weight excluding hydrogens is 260 g/mol. The Morgan fingerprint density at radius 3 is 2.58 bits per heavy atom. The quantitative estimate of drug-likeness (QED) is 0.915. The van der Waals surface area contributed by atoms with Gasteiger partial charge in [0.25, 0.3) is 5.91 Å². The standard InChI is InChI=1S/C13H16N4OS/c1-8-16-17-12(19-8)15-11(18)9-5-10(7-14-6-9)13(2,3)4/h5-7H,1-4H3,(H,15,17,18). The second-order valence-electron chi connectivity index (χ2n) is 5.29. The number of pyridine rings is 1. The molecule has 0 atom stereocenters. The van der Waals surface area contributed by atoms with Crippen LogP contribution < -0.4 is 5.32 Å². The van der Waals surface area contributed by atoms with Crippen LogP contribution in [0.5, 0.6) is 0 Å². The molecule has 6 heteroatoms. The van der Waals surface area contributed by atoms with Crippen LogP contribution in [-0.2, 0) is 5.41 Å². The van der Waals surface area contributed by atoms with Gasteiger partial charge in [-0.3, -0.25) is 15.1 Å². The van der Waals surface area contributed by atoms with Crippen LogP contribution in [0.1, 0.15) is 41.7 Å². The maximum absolute atomic E-state index is 12.1. The summed E-state index contributed by atoms with van der Waals surface area (Å²) >= 11 is 1.35. The molecule has 0 aromatic carbocycles. The number of nitrogens with one attached hydrogen (secondary N) is 1. The van der Waals surface area contributed by atoms with Crippen molar-refractivity contribution in [2.45, 2.75) is 33.1 Å². The minimum Gasteiger partial charge on any atom is -0.296 e. The highest BCUT2D eigenvalue weighted by molar-refractivity contribution is 7.15. The Labute approximate surface area is 116 Å². The molecule has 0 aliphatic heterocycles. The zero-order chi connectivity index (χ0) is 14.0. The zero-order valence-electron chi connectivity index (χ0n) is 11.4. The molecule has 2 rings (SSSR count). The lowest BCUT2D eigenvalue weighted by molar-refractivity contribution is 0.102. The minimum atomic E-state index is -0.213. The molecule has 0 radical (unpaired) electrons. The maximum Gasteiger partial charge on any atom is 0.259 e. The Morgan fingerprint density at radius 1 is 1.26 bits per heavy atom. The van der Waals surface area contributed by atoms with Crippen LogP contribution in [0.4, 0.5) is 5.13 Å². The molecule has 5 nitrogen and oxygen atoms in total. The fourth-order valence-electron chi connectivity index (χ4n) is 1.49. The molecule has 0 unspecified atom stereocenters. The molecule has 100 valence electrons. The first-order valence-corrected chi connectivity index (χ1v) is 6.75. The molecule has 2 heterocycles. The van der Waals surface area contributed by atoms with Gasteiger partial charge in [0.2, 0.25) is 5.13 Å². The molecule has 1 amide bonds. The van der Waals surface area contributed by atoms with Crippen molar-refractivity contribution in [3.63, 3.8) is 0 Å². The minimum absolute atomic E-state index is 0.0391. The fraction of sp³-hybridized carbons (Fsp3) is 0.385. The molecule has 0 saturated heterocycles. The number of aromatic nitrogens is 3. The molecule has 0 saturated carbocycles. The molecule has 0 bridgehead atoms. The third kappa shape index (κ3) is 3.35. The topological polar surface area (TPSA) is 67.8 Å². The van der Waals surface area contributed by atoms with E-state index in [4.69, 9.17) is 0 Å². The highest BCUT2D eigenvalue weighted by atomic mass is 32.1. The average Bonchev–Trinajstić information content (AvgIpc) is 2.74. The summed E-state index contributed by atoms with van der Waals surface area (Å²) in [4.78, 5) is 16.2. The summed E-state index contributed by atoms with van der Waals surface area (Å²) in [5, 5.41) is 11.8. The first kappa shape index (κ1) is 13.6. The summed E-state index contributed by atoms with van der Waals surface area (Å²) in [5.41, 5.74) is 1.51. The monoisotopic (exact) mass is 276 g/mol. The van der Waals surface area contributed by atoms with E-state index in [-0.39, 0.29) is 11.3 Å². The van der Waals surface area contributed by atoms with Gasteiger partial charge >= 0.3 is 0 Å². The second kappa shape index (κ2) is 5.05. The summed E-state index contributed by atoms with van der Waals surface area (Å²) in [6.07, 6.45) is 3.34. The van der Waals surface area contributed by atoms with Gasteiger partial charge < -0.3 is 0 Å². The van der Waals surface area contributed by atoms with Crippen LogP contribution in [0, 0.1) is 6.92 Å². The van der Waals surface area contributed by atoms with E-state index in [9.17, 15) is 4.79 Å². The van der Waals surface area contributed by atoms with E-state index in [0.717, 1.165) is 10.6 Å². The van der Waals surface area contributed by atoms with Crippen molar-refractivity contribution < 1.29 is 4.79 Å². The van der Waals surface area contributed by atoms with E-state index in [0.29, 0.717) is 10.7 Å². The van der Waals surface area contributed by atoms with Crippen molar-refractivity contribution in [2.75, 3.05) is 5.32 Å². The van der Waals surface area contributed by atoms with Gasteiger partial charge in [0.05, 0.1) is 5.56 Å².